The zero-order chi connectivity index (χ0) is 91.8. The highest BCUT2D eigenvalue weighted by Gasteiger charge is 2.71. The smallest absolute Gasteiger partial charge is 0.335 e. The summed E-state index contributed by atoms with van der Waals surface area (Å²) in [5.74, 6) is 8.94. The van der Waals surface area contributed by atoms with E-state index in [9.17, 15) is 33.6 Å². The maximum Gasteiger partial charge on any atom is 0.335 e. The van der Waals surface area contributed by atoms with Crippen molar-refractivity contribution in [3.63, 3.8) is 0 Å². The monoisotopic (exact) mass is 1740 g/mol. The van der Waals surface area contributed by atoms with Crippen molar-refractivity contribution < 1.29 is 76.2 Å². The van der Waals surface area contributed by atoms with E-state index in [1.807, 2.05) is 34.6 Å². The summed E-state index contributed by atoms with van der Waals surface area (Å²) in [5.41, 5.74) is 2.06. The van der Waals surface area contributed by atoms with Crippen LogP contribution in [0.25, 0.3) is 0 Å². The van der Waals surface area contributed by atoms with Crippen molar-refractivity contribution >= 4 is 41.8 Å². The van der Waals surface area contributed by atoms with Gasteiger partial charge in [0.2, 0.25) is 12.6 Å². The number of ether oxygens (including phenoxy) is 9. The van der Waals surface area contributed by atoms with E-state index in [0.29, 0.717) is 62.7 Å². The normalized spacial score (nSPS) is 36.0. The first-order valence-electron chi connectivity index (χ1n) is 50.0. The topological polar surface area (TPSA) is 203 Å². The maximum absolute atomic E-state index is 12.1. The van der Waals surface area contributed by atoms with Crippen LogP contribution >= 0.6 is 0 Å². The van der Waals surface area contributed by atoms with Crippen molar-refractivity contribution in [2.45, 2.75) is 446 Å². The lowest BCUT2D eigenvalue weighted by Gasteiger charge is -2.56. The van der Waals surface area contributed by atoms with E-state index < -0.39 is 18.5 Å². The predicted octanol–water partition coefficient (Wildman–Crippen LogP) is 26.5. The van der Waals surface area contributed by atoms with E-state index in [1.165, 1.54) is 224 Å². The van der Waals surface area contributed by atoms with Crippen LogP contribution < -0.4 is 0 Å². The van der Waals surface area contributed by atoms with E-state index >= 15 is 0 Å². The first-order chi connectivity index (χ1) is 58.6. The molecule has 0 saturated heterocycles. The summed E-state index contributed by atoms with van der Waals surface area (Å²) in [6.45, 7) is 62.6. The van der Waals surface area contributed by atoms with Gasteiger partial charge < -0.3 is 42.6 Å². The highest BCUT2D eigenvalue weighted by Crippen LogP contribution is 2.75. The average molecular weight is 1740 g/mol. The second-order valence-corrected chi connectivity index (χ2v) is 46.3. The van der Waals surface area contributed by atoms with Crippen LogP contribution in [0.4, 0.5) is 0 Å². The summed E-state index contributed by atoms with van der Waals surface area (Å²) in [6, 6.07) is 0. The number of carbonyl (C=O) groups excluding carboxylic acids is 7. The Morgan fingerprint density at radius 1 is 0.352 bits per heavy atom. The molecule has 18 aliphatic carbocycles. The van der Waals surface area contributed by atoms with Crippen LogP contribution in [0.2, 0.25) is 0 Å². The molecule has 704 valence electrons. The van der Waals surface area contributed by atoms with Gasteiger partial charge in [0, 0.05) is 52.4 Å². The van der Waals surface area contributed by atoms with Crippen molar-refractivity contribution in [1.82, 2.24) is 0 Å². The highest BCUT2D eigenvalue weighted by atomic mass is 16.7. The van der Waals surface area contributed by atoms with Crippen molar-refractivity contribution in [2.75, 3.05) is 0 Å². The number of hydrogen-bond donors (Lipinski definition) is 0. The van der Waals surface area contributed by atoms with Crippen LogP contribution in [0.1, 0.15) is 394 Å². The third-order valence-electron chi connectivity index (χ3n) is 35.8. The number of rotatable bonds is 21. The van der Waals surface area contributed by atoms with Crippen LogP contribution in [-0.4, -0.2) is 93.6 Å². The lowest BCUT2D eigenvalue weighted by molar-refractivity contribution is -0.244. The lowest BCUT2D eigenvalue weighted by atomic mass is 9.54. The molecular formula is C109H172O16. The second-order valence-electron chi connectivity index (χ2n) is 46.3. The molecule has 0 aromatic rings. The van der Waals surface area contributed by atoms with E-state index in [4.69, 9.17) is 42.6 Å². The van der Waals surface area contributed by atoms with Crippen molar-refractivity contribution in [3.8, 4) is 0 Å². The largest absolute Gasteiger partial charge is 0.456 e. The minimum Gasteiger partial charge on any atom is -0.456 e. The van der Waals surface area contributed by atoms with Crippen LogP contribution in [-0.2, 0) is 76.2 Å². The minimum atomic E-state index is -0.458. The predicted molar refractivity (Wildman–Crippen MR) is 497 cm³/mol. The molecule has 0 radical (unpaired) electrons. The van der Waals surface area contributed by atoms with Gasteiger partial charge in [0.1, 0.15) is 28.0 Å². The first-order valence-corrected chi connectivity index (χ1v) is 50.0. The third-order valence-corrected chi connectivity index (χ3v) is 35.8. The molecule has 0 N–H and O–H groups in total. The Bertz CT molecular complexity index is 3730. The molecule has 2 spiro atoms. The SMILES string of the molecule is C=C(C)C(=O)OC(C)(C)C1CCCCC1.C=C(C)C(=O)OC(C)OC12CC3CC(CC(C3)C1)C2.C=C(C)C(=O)OC1(C)CCC23CC1C(C)(C)C2CCC3C.C=C(C)C(=O)OC1(C)CCCCC1.C=CC(=O)OC(C)(C1CCCCC1)C1CCCCC1.C=CC(=O)OC(C)OC12CC3CC(CC(C3)C1)C2.C=CC(=O)OC1(C)CCC23CC1C(C)(C)C2CCC3C. The molecule has 12 unspecified atom stereocenters. The van der Waals surface area contributed by atoms with Gasteiger partial charge in [-0.25, -0.2) is 33.6 Å². The van der Waals surface area contributed by atoms with Crippen molar-refractivity contribution in [1.29, 1.82) is 0 Å². The fraction of sp³-hybridized carbons (Fsp3) is 0.807. The van der Waals surface area contributed by atoms with Gasteiger partial charge in [-0.15, -0.1) is 0 Å². The molecule has 0 amide bonds. The number of hydrogen-bond acceptors (Lipinski definition) is 16. The zero-order valence-corrected chi connectivity index (χ0v) is 81.7. The Labute approximate surface area is 756 Å². The Morgan fingerprint density at radius 3 is 1.05 bits per heavy atom. The molecule has 18 fully saturated rings. The van der Waals surface area contributed by atoms with Gasteiger partial charge in [-0.3, -0.25) is 0 Å². The minimum absolute atomic E-state index is 0.00435. The standard InChI is InChI=1S/C19H30O2.C18H28O2.C17H28O2.C16H24O3.C15H22O3.C13H22O2.C11H18O2/c1-12(2)16(20)21-18(6)9-10-19-11-15(18)17(4,5)14(19)8-7-13(19)3;1-6-15(19)20-17(5)9-10-18-11-14(17)16(3,4)13(18)8-7-12(18)2;1-3-16(18)19-17(2,14-10-6-4-7-11-14)15-12-8-5-9-13-15;1-10(2)15(17)18-11(3)19-16-7-12-4-13(8-16)6-14(5-12)9-16;1-3-14(16)17-10(2)18-15-7-11-4-12(8-15)6-13(5-11)9-15;1-10(2)12(14)15-13(3,4)11-8-6-5-7-9-11;1-9(2)10(12)13-11(3)7-5-4-6-8-11/h13-15H,1,7-11H2,2-6H3;6,12-14H,1,7-11H2,2-5H3;3,14-15H,1,4-13H2,2H3;11-14H,1,4-9H2,2-3H3;3,10-13H,1,4-9H2,2H3;11H,1,5-9H2,2-4H3;1,4-8H2,2-3H3. The summed E-state index contributed by atoms with van der Waals surface area (Å²) in [5, 5.41) is 0. The highest BCUT2D eigenvalue weighted by molar-refractivity contribution is 5.89. The van der Waals surface area contributed by atoms with Crippen molar-refractivity contribution in [2.24, 2.45) is 110 Å². The molecule has 0 aliphatic heterocycles. The molecule has 18 aliphatic rings. The van der Waals surface area contributed by atoms with Crippen LogP contribution in [0, 0.1) is 110 Å². The molecular weight excluding hydrogens is 1570 g/mol. The molecule has 18 rings (SSSR count). The molecule has 16 nitrogen and oxygen atoms in total. The Balaban J connectivity index is 0.000000153. The van der Waals surface area contributed by atoms with Gasteiger partial charge in [-0.2, -0.15) is 0 Å². The summed E-state index contributed by atoms with van der Waals surface area (Å²) in [6.07, 6.45) is 55.2. The lowest BCUT2D eigenvalue weighted by Crippen LogP contribution is -2.53. The fourth-order valence-corrected chi connectivity index (χ4v) is 30.1. The Hall–Kier alpha value is -5.61. The molecule has 125 heavy (non-hydrogen) atoms. The van der Waals surface area contributed by atoms with Gasteiger partial charge >= 0.3 is 41.8 Å². The quantitative estimate of drug-likeness (QED) is 0.0454. The maximum atomic E-state index is 12.1. The summed E-state index contributed by atoms with van der Waals surface area (Å²) in [4.78, 5) is 81.1. The van der Waals surface area contributed by atoms with Crippen LogP contribution in [0.5, 0.6) is 0 Å². The van der Waals surface area contributed by atoms with E-state index in [0.717, 1.165) is 123 Å². The van der Waals surface area contributed by atoms with Gasteiger partial charge in [-0.1, -0.05) is 152 Å². The molecule has 18 saturated carbocycles. The van der Waals surface area contributed by atoms with E-state index in [1.54, 1.807) is 27.7 Å². The van der Waals surface area contributed by atoms with E-state index in [-0.39, 0.29) is 85.9 Å². The van der Waals surface area contributed by atoms with Crippen molar-refractivity contribution in [3.05, 3.63) is 86.6 Å². The summed E-state index contributed by atoms with van der Waals surface area (Å²) in [7, 11) is 0. The zero-order valence-electron chi connectivity index (χ0n) is 81.7. The molecule has 16 heteroatoms. The average Bonchev–Trinajstić information content (AvgIpc) is 1.53. The molecule has 0 aromatic carbocycles. The number of carbonyl (C=O) groups is 7. The molecule has 0 aromatic heterocycles. The summed E-state index contributed by atoms with van der Waals surface area (Å²) < 4.78 is 51.4. The third kappa shape index (κ3) is 23.8. The molecule has 0 heterocycles. The van der Waals surface area contributed by atoms with Gasteiger partial charge in [0.15, 0.2) is 0 Å². The number of fused-ring (bicyclic) bond motifs is 2. The second kappa shape index (κ2) is 41.5. The van der Waals surface area contributed by atoms with Gasteiger partial charge in [0.25, 0.3) is 0 Å². The van der Waals surface area contributed by atoms with Gasteiger partial charge in [-0.05, 0) is 387 Å². The van der Waals surface area contributed by atoms with E-state index in [2.05, 4.69) is 108 Å². The van der Waals surface area contributed by atoms with Gasteiger partial charge in [0.05, 0.1) is 11.2 Å². The summed E-state index contributed by atoms with van der Waals surface area (Å²) >= 11 is 0. The first kappa shape index (κ1) is 102. The Kier molecular flexibility index (Phi) is 33.7. The molecule has 12 atom stereocenters. The van der Waals surface area contributed by atoms with Crippen LogP contribution in [0.3, 0.4) is 0 Å². The Morgan fingerprint density at radius 2 is 0.688 bits per heavy atom. The molecule has 12 bridgehead atoms. The van der Waals surface area contributed by atoms with Crippen LogP contribution in [0.15, 0.2) is 86.6 Å². The number of esters is 7. The fourth-order valence-electron chi connectivity index (χ4n) is 30.1.